The molecule has 0 N–H and O–H groups in total. The SMILES string of the molecule is Cc1cc(Cl)nc(OC2CCC2)c1. The minimum Gasteiger partial charge on any atom is -0.474 e. The Labute approximate surface area is 82.9 Å². The third-order valence-electron chi connectivity index (χ3n) is 2.25. The average molecular weight is 198 g/mol. The van der Waals surface area contributed by atoms with Crippen molar-refractivity contribution >= 4 is 11.6 Å². The van der Waals surface area contributed by atoms with E-state index in [0.717, 1.165) is 18.4 Å². The molecule has 1 heterocycles. The van der Waals surface area contributed by atoms with E-state index in [1.54, 1.807) is 0 Å². The molecule has 1 aliphatic carbocycles. The van der Waals surface area contributed by atoms with Gasteiger partial charge in [-0.3, -0.25) is 0 Å². The third kappa shape index (κ3) is 2.13. The van der Waals surface area contributed by atoms with Crippen LogP contribution < -0.4 is 4.74 Å². The second kappa shape index (κ2) is 3.54. The molecule has 0 aliphatic heterocycles. The topological polar surface area (TPSA) is 22.1 Å². The van der Waals surface area contributed by atoms with Gasteiger partial charge in [0.25, 0.3) is 0 Å². The van der Waals surface area contributed by atoms with Crippen molar-refractivity contribution in [3.05, 3.63) is 22.8 Å². The van der Waals surface area contributed by atoms with Crippen molar-refractivity contribution in [1.82, 2.24) is 4.98 Å². The van der Waals surface area contributed by atoms with Crippen molar-refractivity contribution in [2.45, 2.75) is 32.3 Å². The number of halogens is 1. The summed E-state index contributed by atoms with van der Waals surface area (Å²) in [5, 5.41) is 0.509. The fourth-order valence-corrected chi connectivity index (χ4v) is 1.57. The normalized spacial score (nSPS) is 16.8. The summed E-state index contributed by atoms with van der Waals surface area (Å²) in [5.41, 5.74) is 1.09. The zero-order chi connectivity index (χ0) is 9.26. The molecular weight excluding hydrogens is 186 g/mol. The number of aryl methyl sites for hydroxylation is 1. The first-order valence-electron chi connectivity index (χ1n) is 4.55. The van der Waals surface area contributed by atoms with Crippen molar-refractivity contribution < 1.29 is 4.74 Å². The number of hydrogen-bond donors (Lipinski definition) is 0. The van der Waals surface area contributed by atoms with Crippen LogP contribution in [0.25, 0.3) is 0 Å². The van der Waals surface area contributed by atoms with Crippen LogP contribution in [0.3, 0.4) is 0 Å². The fraction of sp³-hybridized carbons (Fsp3) is 0.500. The summed E-state index contributed by atoms with van der Waals surface area (Å²) in [6.45, 7) is 1.99. The van der Waals surface area contributed by atoms with Crippen LogP contribution in [0.15, 0.2) is 12.1 Å². The molecule has 0 atom stereocenters. The minimum absolute atomic E-state index is 0.366. The summed E-state index contributed by atoms with van der Waals surface area (Å²) in [7, 11) is 0. The van der Waals surface area contributed by atoms with Gasteiger partial charge < -0.3 is 4.74 Å². The van der Waals surface area contributed by atoms with Gasteiger partial charge in [0.15, 0.2) is 0 Å². The van der Waals surface area contributed by atoms with Crippen LogP contribution in [-0.2, 0) is 0 Å². The van der Waals surface area contributed by atoms with Gasteiger partial charge >= 0.3 is 0 Å². The number of nitrogens with zero attached hydrogens (tertiary/aromatic N) is 1. The highest BCUT2D eigenvalue weighted by atomic mass is 35.5. The van der Waals surface area contributed by atoms with Gasteiger partial charge in [-0.2, -0.15) is 0 Å². The molecule has 1 aromatic rings. The van der Waals surface area contributed by atoms with E-state index in [-0.39, 0.29) is 0 Å². The zero-order valence-electron chi connectivity index (χ0n) is 7.59. The van der Waals surface area contributed by atoms with Crippen LogP contribution >= 0.6 is 11.6 Å². The van der Waals surface area contributed by atoms with Gasteiger partial charge in [0.2, 0.25) is 5.88 Å². The average Bonchev–Trinajstić information content (AvgIpc) is 1.95. The molecule has 0 radical (unpaired) electrons. The van der Waals surface area contributed by atoms with E-state index in [4.69, 9.17) is 16.3 Å². The molecule has 2 nitrogen and oxygen atoms in total. The maximum absolute atomic E-state index is 5.80. The summed E-state index contributed by atoms with van der Waals surface area (Å²) in [4.78, 5) is 4.10. The molecule has 0 unspecified atom stereocenters. The van der Waals surface area contributed by atoms with Gasteiger partial charge in [-0.1, -0.05) is 11.6 Å². The van der Waals surface area contributed by atoms with E-state index in [1.807, 2.05) is 19.1 Å². The summed E-state index contributed by atoms with van der Waals surface area (Å²) >= 11 is 5.80. The zero-order valence-corrected chi connectivity index (χ0v) is 8.34. The molecule has 0 bridgehead atoms. The molecular formula is C10H12ClNO. The number of pyridine rings is 1. The number of hydrogen-bond acceptors (Lipinski definition) is 2. The van der Waals surface area contributed by atoms with Gasteiger partial charge in [0, 0.05) is 6.07 Å². The first-order chi connectivity index (χ1) is 6.24. The molecule has 3 heteroatoms. The van der Waals surface area contributed by atoms with Crippen molar-refractivity contribution in [3.63, 3.8) is 0 Å². The lowest BCUT2D eigenvalue weighted by molar-refractivity contribution is 0.114. The molecule has 1 aromatic heterocycles. The lowest BCUT2D eigenvalue weighted by Crippen LogP contribution is -2.24. The monoisotopic (exact) mass is 197 g/mol. The Bertz CT molecular complexity index is 290. The largest absolute Gasteiger partial charge is 0.474 e. The minimum atomic E-state index is 0.366. The van der Waals surface area contributed by atoms with Gasteiger partial charge in [-0.15, -0.1) is 0 Å². The first-order valence-corrected chi connectivity index (χ1v) is 4.93. The number of rotatable bonds is 2. The first kappa shape index (κ1) is 8.82. The van der Waals surface area contributed by atoms with Crippen LogP contribution in [0.5, 0.6) is 5.88 Å². The van der Waals surface area contributed by atoms with Crippen LogP contribution in [0.4, 0.5) is 0 Å². The fourth-order valence-electron chi connectivity index (χ4n) is 1.31. The summed E-state index contributed by atoms with van der Waals surface area (Å²) in [6.07, 6.45) is 3.93. The van der Waals surface area contributed by atoms with Crippen molar-refractivity contribution in [2.75, 3.05) is 0 Å². The highest BCUT2D eigenvalue weighted by Gasteiger charge is 2.19. The Morgan fingerprint density at radius 1 is 1.46 bits per heavy atom. The Morgan fingerprint density at radius 2 is 2.23 bits per heavy atom. The molecule has 2 rings (SSSR count). The maximum Gasteiger partial charge on any atom is 0.215 e. The predicted molar refractivity (Wildman–Crippen MR) is 52.3 cm³/mol. The molecule has 70 valence electrons. The van der Waals surface area contributed by atoms with Gasteiger partial charge in [-0.25, -0.2) is 4.98 Å². The number of ether oxygens (including phenoxy) is 1. The lowest BCUT2D eigenvalue weighted by Gasteiger charge is -2.25. The van der Waals surface area contributed by atoms with Crippen molar-refractivity contribution in [3.8, 4) is 5.88 Å². The van der Waals surface area contributed by atoms with Gasteiger partial charge in [-0.05, 0) is 37.8 Å². The van der Waals surface area contributed by atoms with Crippen LogP contribution in [0.2, 0.25) is 5.15 Å². The molecule has 1 fully saturated rings. The van der Waals surface area contributed by atoms with E-state index >= 15 is 0 Å². The molecule has 0 saturated heterocycles. The van der Waals surface area contributed by atoms with Gasteiger partial charge in [0.1, 0.15) is 11.3 Å². The van der Waals surface area contributed by atoms with Gasteiger partial charge in [0.05, 0.1) is 0 Å². The summed E-state index contributed by atoms with van der Waals surface area (Å²) < 4.78 is 5.62. The molecule has 1 saturated carbocycles. The summed E-state index contributed by atoms with van der Waals surface area (Å²) in [6, 6.07) is 3.75. The Kier molecular flexibility index (Phi) is 2.40. The second-order valence-corrected chi connectivity index (χ2v) is 3.86. The van der Waals surface area contributed by atoms with Crippen LogP contribution in [0.1, 0.15) is 24.8 Å². The molecule has 1 aliphatic rings. The Hall–Kier alpha value is -0.760. The van der Waals surface area contributed by atoms with Crippen LogP contribution in [0, 0.1) is 6.92 Å². The quantitative estimate of drug-likeness (QED) is 0.681. The van der Waals surface area contributed by atoms with E-state index in [2.05, 4.69) is 4.98 Å². The smallest absolute Gasteiger partial charge is 0.215 e. The molecule has 0 amide bonds. The van der Waals surface area contributed by atoms with Crippen LogP contribution in [-0.4, -0.2) is 11.1 Å². The molecule has 13 heavy (non-hydrogen) atoms. The van der Waals surface area contributed by atoms with Crippen molar-refractivity contribution in [2.24, 2.45) is 0 Å². The highest BCUT2D eigenvalue weighted by Crippen LogP contribution is 2.25. The van der Waals surface area contributed by atoms with Crippen molar-refractivity contribution in [1.29, 1.82) is 0 Å². The standard InChI is InChI=1S/C10H12ClNO/c1-7-5-9(11)12-10(6-7)13-8-3-2-4-8/h5-6,8H,2-4H2,1H3. The van der Waals surface area contributed by atoms with E-state index < -0.39 is 0 Å². The molecule has 0 aromatic carbocycles. The Morgan fingerprint density at radius 3 is 2.77 bits per heavy atom. The molecule has 0 spiro atoms. The highest BCUT2D eigenvalue weighted by molar-refractivity contribution is 6.29. The summed E-state index contributed by atoms with van der Waals surface area (Å²) in [5.74, 6) is 0.662. The second-order valence-electron chi connectivity index (χ2n) is 3.48. The Balaban J connectivity index is 2.10. The maximum atomic E-state index is 5.80. The third-order valence-corrected chi connectivity index (χ3v) is 2.45. The van der Waals surface area contributed by atoms with E-state index in [9.17, 15) is 0 Å². The number of aromatic nitrogens is 1. The van der Waals surface area contributed by atoms with E-state index in [0.29, 0.717) is 17.1 Å². The van der Waals surface area contributed by atoms with E-state index in [1.165, 1.54) is 6.42 Å². The predicted octanol–water partition coefficient (Wildman–Crippen LogP) is 2.97. The lowest BCUT2D eigenvalue weighted by atomic mass is 9.96.